The van der Waals surface area contributed by atoms with E-state index in [1.807, 2.05) is 23.6 Å². The van der Waals surface area contributed by atoms with E-state index >= 15 is 0 Å². The van der Waals surface area contributed by atoms with Crippen LogP contribution in [-0.4, -0.2) is 9.91 Å². The number of hydrogen-bond acceptors (Lipinski definition) is 4. The Labute approximate surface area is 107 Å². The zero-order chi connectivity index (χ0) is 12.5. The zero-order valence-electron chi connectivity index (χ0n) is 9.24. The fourth-order valence-electron chi connectivity index (χ4n) is 1.86. The van der Waals surface area contributed by atoms with E-state index in [1.54, 1.807) is 18.2 Å². The third-order valence-electron chi connectivity index (χ3n) is 2.66. The second-order valence-electron chi connectivity index (χ2n) is 3.78. The molecule has 0 saturated carbocycles. The first-order chi connectivity index (χ1) is 8.75. The first-order valence-electron chi connectivity index (χ1n) is 5.34. The average Bonchev–Trinajstić information content (AvgIpc) is 2.91. The van der Waals surface area contributed by atoms with E-state index in [4.69, 9.17) is 0 Å². The Morgan fingerprint density at radius 1 is 1.17 bits per heavy atom. The van der Waals surface area contributed by atoms with Crippen molar-refractivity contribution in [2.24, 2.45) is 0 Å². The van der Waals surface area contributed by atoms with Crippen LogP contribution in [0.1, 0.15) is 0 Å². The summed E-state index contributed by atoms with van der Waals surface area (Å²) in [6, 6.07) is 12.5. The molecule has 2 aromatic heterocycles. The van der Waals surface area contributed by atoms with Gasteiger partial charge in [-0.15, -0.1) is 11.3 Å². The highest BCUT2D eigenvalue weighted by Gasteiger charge is 2.15. The molecular formula is C13H8N2O2S. The molecule has 5 heteroatoms. The van der Waals surface area contributed by atoms with Crippen molar-refractivity contribution >= 4 is 27.9 Å². The van der Waals surface area contributed by atoms with Gasteiger partial charge < -0.3 is 0 Å². The number of pyridine rings is 1. The van der Waals surface area contributed by atoms with Gasteiger partial charge in [0.05, 0.1) is 26.4 Å². The van der Waals surface area contributed by atoms with Gasteiger partial charge in [0.2, 0.25) is 0 Å². The summed E-state index contributed by atoms with van der Waals surface area (Å²) in [6.07, 6.45) is 0. The minimum absolute atomic E-state index is 0.101. The largest absolute Gasteiger partial charge is 0.280 e. The number of para-hydroxylation sites is 1. The van der Waals surface area contributed by atoms with E-state index in [1.165, 1.54) is 17.4 Å². The molecule has 0 bridgehead atoms. The summed E-state index contributed by atoms with van der Waals surface area (Å²) in [4.78, 5) is 16.2. The molecule has 4 nitrogen and oxygen atoms in total. The molecule has 2 heterocycles. The third-order valence-corrected chi connectivity index (χ3v) is 3.56. The second kappa shape index (κ2) is 4.19. The van der Waals surface area contributed by atoms with Crippen molar-refractivity contribution in [3.8, 4) is 10.6 Å². The van der Waals surface area contributed by atoms with Crippen LogP contribution in [0.3, 0.4) is 0 Å². The van der Waals surface area contributed by atoms with Gasteiger partial charge in [-0.3, -0.25) is 10.1 Å². The predicted molar refractivity (Wildman–Crippen MR) is 71.7 cm³/mol. The number of fused-ring (bicyclic) bond motifs is 1. The standard InChI is InChI=1S/C13H8N2O2S/c16-15(17)12-8-11(13-6-3-7-18-13)14-10-5-2-1-4-9(10)12/h1-8H. The van der Waals surface area contributed by atoms with Crippen molar-refractivity contribution in [3.05, 3.63) is 58.0 Å². The Morgan fingerprint density at radius 3 is 2.72 bits per heavy atom. The van der Waals surface area contributed by atoms with E-state index in [0.29, 0.717) is 16.6 Å². The van der Waals surface area contributed by atoms with Gasteiger partial charge in [-0.2, -0.15) is 0 Å². The van der Waals surface area contributed by atoms with Crippen LogP contribution in [0.2, 0.25) is 0 Å². The van der Waals surface area contributed by atoms with Gasteiger partial charge in [0.1, 0.15) is 0 Å². The number of hydrogen-bond donors (Lipinski definition) is 0. The van der Waals surface area contributed by atoms with Crippen LogP contribution in [0.4, 0.5) is 5.69 Å². The lowest BCUT2D eigenvalue weighted by atomic mass is 10.1. The van der Waals surface area contributed by atoms with Gasteiger partial charge in [-0.05, 0) is 23.6 Å². The van der Waals surface area contributed by atoms with Crippen molar-refractivity contribution in [3.63, 3.8) is 0 Å². The van der Waals surface area contributed by atoms with Crippen LogP contribution in [0, 0.1) is 10.1 Å². The van der Waals surface area contributed by atoms with E-state index in [2.05, 4.69) is 4.98 Å². The molecule has 0 aliphatic rings. The highest BCUT2D eigenvalue weighted by molar-refractivity contribution is 7.13. The van der Waals surface area contributed by atoms with Crippen molar-refractivity contribution in [1.82, 2.24) is 4.98 Å². The summed E-state index contributed by atoms with van der Waals surface area (Å²) in [6.45, 7) is 0. The molecule has 0 N–H and O–H groups in total. The normalized spacial score (nSPS) is 10.7. The summed E-state index contributed by atoms with van der Waals surface area (Å²) in [7, 11) is 0. The lowest BCUT2D eigenvalue weighted by Crippen LogP contribution is -1.93. The molecular weight excluding hydrogens is 248 g/mol. The highest BCUT2D eigenvalue weighted by atomic mass is 32.1. The van der Waals surface area contributed by atoms with Crippen LogP contribution in [0.5, 0.6) is 0 Å². The van der Waals surface area contributed by atoms with Crippen LogP contribution in [-0.2, 0) is 0 Å². The van der Waals surface area contributed by atoms with Gasteiger partial charge in [-0.25, -0.2) is 4.98 Å². The number of benzene rings is 1. The first kappa shape index (κ1) is 10.9. The number of nitro groups is 1. The molecule has 0 radical (unpaired) electrons. The molecule has 88 valence electrons. The lowest BCUT2D eigenvalue weighted by Gasteiger charge is -2.02. The topological polar surface area (TPSA) is 56.0 Å². The predicted octanol–water partition coefficient (Wildman–Crippen LogP) is 3.87. The Hall–Kier alpha value is -2.27. The molecule has 3 aromatic rings. The summed E-state index contributed by atoms with van der Waals surface area (Å²) in [5.74, 6) is 0. The van der Waals surface area contributed by atoms with Crippen molar-refractivity contribution < 1.29 is 4.92 Å². The van der Waals surface area contributed by atoms with Crippen molar-refractivity contribution in [1.29, 1.82) is 0 Å². The monoisotopic (exact) mass is 256 g/mol. The summed E-state index contributed by atoms with van der Waals surface area (Å²) < 4.78 is 0. The minimum atomic E-state index is -0.360. The lowest BCUT2D eigenvalue weighted by molar-refractivity contribution is -0.383. The van der Waals surface area contributed by atoms with Gasteiger partial charge in [0.15, 0.2) is 0 Å². The second-order valence-corrected chi connectivity index (χ2v) is 4.73. The number of rotatable bonds is 2. The fourth-order valence-corrected chi connectivity index (χ4v) is 2.54. The SMILES string of the molecule is O=[N+]([O-])c1cc(-c2cccs2)nc2ccccc12. The van der Waals surface area contributed by atoms with Gasteiger partial charge in [-0.1, -0.05) is 18.2 Å². The number of aromatic nitrogens is 1. The summed E-state index contributed by atoms with van der Waals surface area (Å²) >= 11 is 1.52. The molecule has 0 unspecified atom stereocenters. The van der Waals surface area contributed by atoms with E-state index < -0.39 is 0 Å². The molecule has 1 aromatic carbocycles. The molecule has 0 atom stereocenters. The molecule has 0 aliphatic heterocycles. The van der Waals surface area contributed by atoms with Gasteiger partial charge in [0, 0.05) is 6.07 Å². The highest BCUT2D eigenvalue weighted by Crippen LogP contribution is 2.31. The maximum absolute atomic E-state index is 11.1. The van der Waals surface area contributed by atoms with E-state index in [-0.39, 0.29) is 10.6 Å². The van der Waals surface area contributed by atoms with Crippen LogP contribution < -0.4 is 0 Å². The maximum atomic E-state index is 11.1. The number of nitrogens with zero attached hydrogens (tertiary/aromatic N) is 2. The van der Waals surface area contributed by atoms with Crippen molar-refractivity contribution in [2.75, 3.05) is 0 Å². The number of thiophene rings is 1. The third kappa shape index (κ3) is 1.74. The van der Waals surface area contributed by atoms with Gasteiger partial charge >= 0.3 is 0 Å². The molecule has 3 rings (SSSR count). The molecule has 18 heavy (non-hydrogen) atoms. The Balaban J connectivity index is 2.33. The van der Waals surface area contributed by atoms with Crippen LogP contribution >= 0.6 is 11.3 Å². The summed E-state index contributed by atoms with van der Waals surface area (Å²) in [5.41, 5.74) is 1.40. The van der Waals surface area contributed by atoms with Gasteiger partial charge in [0.25, 0.3) is 5.69 Å². The molecule has 0 aliphatic carbocycles. The minimum Gasteiger partial charge on any atom is -0.258 e. The summed E-state index contributed by atoms with van der Waals surface area (Å²) in [5, 5.41) is 13.6. The Morgan fingerprint density at radius 2 is 2.00 bits per heavy atom. The molecule has 0 spiro atoms. The van der Waals surface area contributed by atoms with Crippen LogP contribution in [0.25, 0.3) is 21.5 Å². The zero-order valence-corrected chi connectivity index (χ0v) is 10.1. The quantitative estimate of drug-likeness (QED) is 0.516. The first-order valence-corrected chi connectivity index (χ1v) is 6.22. The van der Waals surface area contributed by atoms with Crippen molar-refractivity contribution in [2.45, 2.75) is 0 Å². The van der Waals surface area contributed by atoms with E-state index in [0.717, 1.165) is 4.88 Å². The smallest absolute Gasteiger partial charge is 0.258 e. The maximum Gasteiger partial charge on any atom is 0.280 e. The average molecular weight is 256 g/mol. The van der Waals surface area contributed by atoms with Crippen LogP contribution in [0.15, 0.2) is 47.8 Å². The fraction of sp³-hybridized carbons (Fsp3) is 0. The molecule has 0 fully saturated rings. The molecule has 0 saturated heterocycles. The Bertz CT molecular complexity index is 723. The Kier molecular flexibility index (Phi) is 2.53. The van der Waals surface area contributed by atoms with E-state index in [9.17, 15) is 10.1 Å². The molecule has 0 amide bonds.